The molecule has 0 unspecified atom stereocenters. The zero-order valence-electron chi connectivity index (χ0n) is 9.25. The Morgan fingerprint density at radius 3 is 2.47 bits per heavy atom. The summed E-state index contributed by atoms with van der Waals surface area (Å²) in [5, 5.41) is 2.27. The molecule has 1 N–H and O–H groups in total. The molecule has 2 aromatic rings. The Balaban J connectivity index is 2.29. The first-order valence-corrected chi connectivity index (χ1v) is 6.22. The Morgan fingerprint density at radius 1 is 1.26 bits per heavy atom. The average Bonchev–Trinajstić information content (AvgIpc) is 2.33. The maximum atomic E-state index is 13.5. The minimum atomic E-state index is -0.875. The summed E-state index contributed by atoms with van der Waals surface area (Å²) >= 11 is 8.58. The average molecular weight is 348 g/mol. The summed E-state index contributed by atoms with van der Waals surface area (Å²) in [6, 6.07) is 4.79. The highest BCUT2D eigenvalue weighted by atomic mass is 79.9. The van der Waals surface area contributed by atoms with Crippen molar-refractivity contribution in [3.63, 3.8) is 0 Å². The first-order valence-electron chi connectivity index (χ1n) is 5.05. The van der Waals surface area contributed by atoms with Crippen LogP contribution in [0.4, 0.5) is 14.5 Å². The van der Waals surface area contributed by atoms with Crippen molar-refractivity contribution in [3.8, 4) is 0 Å². The predicted octanol–water partition coefficient (Wildman–Crippen LogP) is 4.03. The lowest BCUT2D eigenvalue weighted by Crippen LogP contribution is -2.14. The SMILES string of the molecule is O=C(Nc1c(F)cc(Br)cc1F)c1ccnc(Cl)c1. The van der Waals surface area contributed by atoms with E-state index in [0.717, 1.165) is 12.1 Å². The lowest BCUT2D eigenvalue weighted by Gasteiger charge is -2.08. The molecule has 2 rings (SSSR count). The zero-order valence-corrected chi connectivity index (χ0v) is 11.6. The van der Waals surface area contributed by atoms with Gasteiger partial charge in [0.2, 0.25) is 0 Å². The topological polar surface area (TPSA) is 42.0 Å². The monoisotopic (exact) mass is 346 g/mol. The number of carbonyl (C=O) groups excluding carboxylic acids is 1. The van der Waals surface area contributed by atoms with Crippen LogP contribution < -0.4 is 5.32 Å². The third kappa shape index (κ3) is 3.27. The number of hydrogen-bond acceptors (Lipinski definition) is 2. The fraction of sp³-hybridized carbons (Fsp3) is 0. The molecule has 0 atom stereocenters. The van der Waals surface area contributed by atoms with Crippen LogP contribution in [0.1, 0.15) is 10.4 Å². The second-order valence-corrected chi connectivity index (χ2v) is 4.87. The number of rotatable bonds is 2. The van der Waals surface area contributed by atoms with Crippen LogP contribution in [0.5, 0.6) is 0 Å². The third-order valence-corrected chi connectivity index (χ3v) is 2.90. The van der Waals surface area contributed by atoms with Gasteiger partial charge >= 0.3 is 0 Å². The molecule has 0 bridgehead atoms. The van der Waals surface area contributed by atoms with Gasteiger partial charge < -0.3 is 5.32 Å². The number of benzene rings is 1. The minimum Gasteiger partial charge on any atom is -0.317 e. The fourth-order valence-corrected chi connectivity index (χ4v) is 1.97. The van der Waals surface area contributed by atoms with E-state index >= 15 is 0 Å². The molecule has 0 radical (unpaired) electrons. The molecule has 0 spiro atoms. The molecule has 1 heterocycles. The molecular formula is C12H6BrClF2N2O. The molecule has 1 aromatic heterocycles. The van der Waals surface area contributed by atoms with E-state index in [2.05, 4.69) is 26.2 Å². The number of amides is 1. The van der Waals surface area contributed by atoms with Gasteiger partial charge in [0, 0.05) is 16.2 Å². The smallest absolute Gasteiger partial charge is 0.255 e. The normalized spacial score (nSPS) is 10.3. The van der Waals surface area contributed by atoms with Crippen molar-refractivity contribution >= 4 is 39.1 Å². The van der Waals surface area contributed by atoms with Gasteiger partial charge in [-0.05, 0) is 24.3 Å². The third-order valence-electron chi connectivity index (χ3n) is 2.23. The molecule has 0 aliphatic carbocycles. The predicted molar refractivity (Wildman–Crippen MR) is 71.3 cm³/mol. The number of nitrogens with zero attached hydrogens (tertiary/aromatic N) is 1. The fourth-order valence-electron chi connectivity index (χ4n) is 1.39. The molecule has 0 saturated heterocycles. The van der Waals surface area contributed by atoms with Gasteiger partial charge in [-0.1, -0.05) is 27.5 Å². The van der Waals surface area contributed by atoms with E-state index in [-0.39, 0.29) is 15.2 Å². The van der Waals surface area contributed by atoms with E-state index in [1.54, 1.807) is 0 Å². The van der Waals surface area contributed by atoms with E-state index in [9.17, 15) is 13.6 Å². The van der Waals surface area contributed by atoms with E-state index in [1.165, 1.54) is 18.3 Å². The summed E-state index contributed by atoms with van der Waals surface area (Å²) in [4.78, 5) is 15.5. The molecule has 1 amide bonds. The van der Waals surface area contributed by atoms with E-state index in [1.807, 2.05) is 0 Å². The van der Waals surface area contributed by atoms with Gasteiger partial charge in [-0.3, -0.25) is 4.79 Å². The van der Waals surface area contributed by atoms with Gasteiger partial charge in [-0.15, -0.1) is 0 Å². The maximum absolute atomic E-state index is 13.5. The molecule has 7 heteroatoms. The van der Waals surface area contributed by atoms with E-state index in [4.69, 9.17) is 11.6 Å². The second-order valence-electron chi connectivity index (χ2n) is 3.57. The van der Waals surface area contributed by atoms with Gasteiger partial charge in [0.25, 0.3) is 5.91 Å². The number of hydrogen-bond donors (Lipinski definition) is 1. The molecule has 0 aliphatic heterocycles. The Hall–Kier alpha value is -1.53. The van der Waals surface area contributed by atoms with Crippen molar-refractivity contribution in [1.29, 1.82) is 0 Å². The Kier molecular flexibility index (Phi) is 4.11. The Bertz CT molecular complexity index is 628. The number of halogens is 4. The van der Waals surface area contributed by atoms with Gasteiger partial charge in [0.1, 0.15) is 10.8 Å². The number of pyridine rings is 1. The van der Waals surface area contributed by atoms with Gasteiger partial charge in [0.05, 0.1) is 0 Å². The van der Waals surface area contributed by atoms with Crippen molar-refractivity contribution in [1.82, 2.24) is 4.98 Å². The molecule has 0 fully saturated rings. The summed E-state index contributed by atoms with van der Waals surface area (Å²) in [7, 11) is 0. The molecule has 0 aliphatic rings. The van der Waals surface area contributed by atoms with Crippen LogP contribution in [0, 0.1) is 11.6 Å². The van der Waals surface area contributed by atoms with Gasteiger partial charge in [-0.25, -0.2) is 13.8 Å². The van der Waals surface area contributed by atoms with Crippen molar-refractivity contribution in [2.75, 3.05) is 5.32 Å². The number of anilines is 1. The van der Waals surface area contributed by atoms with E-state index in [0.29, 0.717) is 0 Å². The molecule has 3 nitrogen and oxygen atoms in total. The number of nitrogens with one attached hydrogen (secondary N) is 1. The van der Waals surface area contributed by atoms with Crippen molar-refractivity contribution in [2.45, 2.75) is 0 Å². The molecule has 19 heavy (non-hydrogen) atoms. The van der Waals surface area contributed by atoms with Crippen LogP contribution >= 0.6 is 27.5 Å². The van der Waals surface area contributed by atoms with Crippen molar-refractivity contribution in [2.24, 2.45) is 0 Å². The van der Waals surface area contributed by atoms with Crippen LogP contribution in [0.15, 0.2) is 34.9 Å². The first-order chi connectivity index (χ1) is 8.97. The first kappa shape index (κ1) is 13.9. The summed E-state index contributed by atoms with van der Waals surface area (Å²) in [6.07, 6.45) is 1.32. The van der Waals surface area contributed by atoms with Crippen LogP contribution in [0.3, 0.4) is 0 Å². The van der Waals surface area contributed by atoms with Gasteiger partial charge in [0.15, 0.2) is 11.6 Å². The van der Waals surface area contributed by atoms with E-state index < -0.39 is 23.2 Å². The Labute approximate surface area is 120 Å². The largest absolute Gasteiger partial charge is 0.317 e. The number of carbonyl (C=O) groups is 1. The van der Waals surface area contributed by atoms with Gasteiger partial charge in [-0.2, -0.15) is 0 Å². The lowest BCUT2D eigenvalue weighted by molar-refractivity contribution is 0.102. The maximum Gasteiger partial charge on any atom is 0.255 e. The molecule has 0 saturated carbocycles. The van der Waals surface area contributed by atoms with Crippen molar-refractivity contribution in [3.05, 3.63) is 57.3 Å². The van der Waals surface area contributed by atoms with Crippen LogP contribution in [-0.4, -0.2) is 10.9 Å². The summed E-state index contributed by atoms with van der Waals surface area (Å²) < 4.78 is 27.3. The minimum absolute atomic E-state index is 0.115. The summed E-state index contributed by atoms with van der Waals surface area (Å²) in [6.45, 7) is 0. The molecule has 98 valence electrons. The quantitative estimate of drug-likeness (QED) is 0.834. The Morgan fingerprint density at radius 2 is 1.89 bits per heavy atom. The highest BCUT2D eigenvalue weighted by Crippen LogP contribution is 2.24. The lowest BCUT2D eigenvalue weighted by atomic mass is 10.2. The van der Waals surface area contributed by atoms with Crippen LogP contribution in [0.2, 0.25) is 5.15 Å². The second kappa shape index (κ2) is 5.63. The highest BCUT2D eigenvalue weighted by molar-refractivity contribution is 9.10. The van der Waals surface area contributed by atoms with Crippen molar-refractivity contribution < 1.29 is 13.6 Å². The summed E-state index contributed by atoms with van der Waals surface area (Å²) in [5.41, 5.74) is -0.358. The standard InChI is InChI=1S/C12H6BrClF2N2O/c13-7-4-8(15)11(9(16)5-7)18-12(19)6-1-2-17-10(14)3-6/h1-5H,(H,18,19). The zero-order chi connectivity index (χ0) is 14.0. The highest BCUT2D eigenvalue weighted by Gasteiger charge is 2.15. The summed E-state index contributed by atoms with van der Waals surface area (Å²) in [5.74, 6) is -2.43. The molecule has 1 aromatic carbocycles. The molecular weight excluding hydrogens is 341 g/mol. The number of aromatic nitrogens is 1. The van der Waals surface area contributed by atoms with Crippen LogP contribution in [0.25, 0.3) is 0 Å². The van der Waals surface area contributed by atoms with Crippen LogP contribution in [-0.2, 0) is 0 Å².